The van der Waals surface area contributed by atoms with Gasteiger partial charge in [0.2, 0.25) is 0 Å². The fourth-order valence-corrected chi connectivity index (χ4v) is 2.27. The van der Waals surface area contributed by atoms with Crippen molar-refractivity contribution in [3.8, 4) is 0 Å². The molecule has 3 nitrogen and oxygen atoms in total. The van der Waals surface area contributed by atoms with Gasteiger partial charge in [0.05, 0.1) is 6.20 Å². The van der Waals surface area contributed by atoms with E-state index in [2.05, 4.69) is 35.0 Å². The van der Waals surface area contributed by atoms with Crippen molar-refractivity contribution in [3.63, 3.8) is 0 Å². The Morgan fingerprint density at radius 1 is 1.60 bits per heavy atom. The summed E-state index contributed by atoms with van der Waals surface area (Å²) in [5.41, 5.74) is 8.51. The SMILES string of the molecule is CCn1cc(CC(N)c2ccsc2)cn1. The molecule has 2 aromatic heterocycles. The molecule has 0 bridgehead atoms. The molecule has 0 radical (unpaired) electrons. The van der Waals surface area contributed by atoms with Gasteiger partial charge in [0.15, 0.2) is 0 Å². The van der Waals surface area contributed by atoms with Crippen LogP contribution in [0, 0.1) is 0 Å². The molecule has 0 aliphatic carbocycles. The molecule has 15 heavy (non-hydrogen) atoms. The molecule has 0 saturated carbocycles. The first-order valence-electron chi connectivity index (χ1n) is 5.08. The lowest BCUT2D eigenvalue weighted by atomic mass is 10.1. The maximum Gasteiger partial charge on any atom is 0.0522 e. The second-order valence-electron chi connectivity index (χ2n) is 3.57. The van der Waals surface area contributed by atoms with Crippen molar-refractivity contribution in [2.45, 2.75) is 25.9 Å². The summed E-state index contributed by atoms with van der Waals surface area (Å²) in [6, 6.07) is 2.17. The average Bonchev–Trinajstić information content (AvgIpc) is 2.87. The van der Waals surface area contributed by atoms with Crippen LogP contribution < -0.4 is 5.73 Å². The van der Waals surface area contributed by atoms with Crippen molar-refractivity contribution >= 4 is 11.3 Å². The van der Waals surface area contributed by atoms with Gasteiger partial charge in [0, 0.05) is 18.8 Å². The smallest absolute Gasteiger partial charge is 0.0522 e. The number of hydrogen-bond acceptors (Lipinski definition) is 3. The van der Waals surface area contributed by atoms with Gasteiger partial charge < -0.3 is 5.73 Å². The molecule has 1 atom stereocenters. The van der Waals surface area contributed by atoms with Crippen LogP contribution in [0.2, 0.25) is 0 Å². The summed E-state index contributed by atoms with van der Waals surface area (Å²) in [7, 11) is 0. The van der Waals surface area contributed by atoms with Crippen molar-refractivity contribution in [2.75, 3.05) is 0 Å². The molecule has 2 N–H and O–H groups in total. The molecule has 80 valence electrons. The number of nitrogens with two attached hydrogens (primary N) is 1. The number of aryl methyl sites for hydroxylation is 1. The standard InChI is InChI=1S/C11H15N3S/c1-2-14-7-9(6-13-14)5-11(12)10-3-4-15-8-10/h3-4,6-8,11H,2,5,12H2,1H3. The molecule has 0 aliphatic rings. The fraction of sp³-hybridized carbons (Fsp3) is 0.364. The molecule has 0 fully saturated rings. The van der Waals surface area contributed by atoms with Gasteiger partial charge >= 0.3 is 0 Å². The summed E-state index contributed by atoms with van der Waals surface area (Å²) in [5.74, 6) is 0. The predicted octanol–water partition coefficient (Wildman–Crippen LogP) is 2.21. The van der Waals surface area contributed by atoms with Crippen LogP contribution in [0.15, 0.2) is 29.2 Å². The molecule has 1 unspecified atom stereocenters. The van der Waals surface area contributed by atoms with E-state index in [0.29, 0.717) is 0 Å². The van der Waals surface area contributed by atoms with Crippen LogP contribution in [-0.4, -0.2) is 9.78 Å². The third-order valence-electron chi connectivity index (χ3n) is 2.44. The Morgan fingerprint density at radius 3 is 3.07 bits per heavy atom. The zero-order valence-electron chi connectivity index (χ0n) is 8.76. The Morgan fingerprint density at radius 2 is 2.47 bits per heavy atom. The molecule has 2 aromatic rings. The van der Waals surface area contributed by atoms with Gasteiger partial charge in [-0.3, -0.25) is 4.68 Å². The van der Waals surface area contributed by atoms with E-state index in [-0.39, 0.29) is 6.04 Å². The minimum atomic E-state index is 0.0887. The Labute approximate surface area is 93.5 Å². The molecule has 2 rings (SSSR count). The number of rotatable bonds is 4. The highest BCUT2D eigenvalue weighted by molar-refractivity contribution is 7.07. The van der Waals surface area contributed by atoms with Crippen LogP contribution in [0.25, 0.3) is 0 Å². The fourth-order valence-electron chi connectivity index (χ4n) is 1.54. The number of hydrogen-bond donors (Lipinski definition) is 1. The summed E-state index contributed by atoms with van der Waals surface area (Å²) in [5, 5.41) is 8.40. The lowest BCUT2D eigenvalue weighted by Gasteiger charge is -2.07. The van der Waals surface area contributed by atoms with Crippen molar-refractivity contribution in [1.29, 1.82) is 0 Å². The Balaban J connectivity index is 2.02. The zero-order valence-corrected chi connectivity index (χ0v) is 9.57. The quantitative estimate of drug-likeness (QED) is 0.860. The number of thiophene rings is 1. The van der Waals surface area contributed by atoms with Crippen molar-refractivity contribution in [2.24, 2.45) is 5.73 Å². The molecule has 2 heterocycles. The third-order valence-corrected chi connectivity index (χ3v) is 3.14. The molecular weight excluding hydrogens is 206 g/mol. The van der Waals surface area contributed by atoms with Gasteiger partial charge in [-0.05, 0) is 41.3 Å². The lowest BCUT2D eigenvalue weighted by molar-refractivity contribution is 0.657. The average molecular weight is 221 g/mol. The van der Waals surface area contributed by atoms with E-state index in [1.165, 1.54) is 11.1 Å². The van der Waals surface area contributed by atoms with E-state index in [1.54, 1.807) is 11.3 Å². The van der Waals surface area contributed by atoms with Crippen LogP contribution >= 0.6 is 11.3 Å². The van der Waals surface area contributed by atoms with Crippen LogP contribution in [0.1, 0.15) is 24.1 Å². The maximum absolute atomic E-state index is 6.09. The van der Waals surface area contributed by atoms with Gasteiger partial charge in [0.25, 0.3) is 0 Å². The molecular formula is C11H15N3S. The van der Waals surface area contributed by atoms with Gasteiger partial charge in [-0.1, -0.05) is 0 Å². The number of nitrogens with zero attached hydrogens (tertiary/aromatic N) is 2. The topological polar surface area (TPSA) is 43.8 Å². The van der Waals surface area contributed by atoms with Crippen molar-refractivity contribution < 1.29 is 0 Å². The first-order valence-corrected chi connectivity index (χ1v) is 6.03. The predicted molar refractivity (Wildman–Crippen MR) is 62.9 cm³/mol. The van der Waals surface area contributed by atoms with Crippen LogP contribution in [0.3, 0.4) is 0 Å². The van der Waals surface area contributed by atoms with E-state index in [1.807, 2.05) is 10.9 Å². The largest absolute Gasteiger partial charge is 0.324 e. The van der Waals surface area contributed by atoms with E-state index in [9.17, 15) is 0 Å². The molecule has 0 spiro atoms. The molecule has 0 saturated heterocycles. The van der Waals surface area contributed by atoms with Gasteiger partial charge in [-0.25, -0.2) is 0 Å². The summed E-state index contributed by atoms with van der Waals surface area (Å²) in [4.78, 5) is 0. The Hall–Kier alpha value is -1.13. The zero-order chi connectivity index (χ0) is 10.7. The summed E-state index contributed by atoms with van der Waals surface area (Å²) in [6.45, 7) is 2.99. The first kappa shape index (κ1) is 10.4. The van der Waals surface area contributed by atoms with Crippen LogP contribution in [0.5, 0.6) is 0 Å². The monoisotopic (exact) mass is 221 g/mol. The van der Waals surface area contributed by atoms with Crippen molar-refractivity contribution in [3.05, 3.63) is 40.3 Å². The third kappa shape index (κ3) is 2.46. The lowest BCUT2D eigenvalue weighted by Crippen LogP contribution is -2.11. The van der Waals surface area contributed by atoms with Gasteiger partial charge in [-0.15, -0.1) is 0 Å². The van der Waals surface area contributed by atoms with Gasteiger partial charge in [0.1, 0.15) is 0 Å². The minimum absolute atomic E-state index is 0.0887. The van der Waals surface area contributed by atoms with E-state index in [0.717, 1.165) is 13.0 Å². The highest BCUT2D eigenvalue weighted by atomic mass is 32.1. The Bertz CT molecular complexity index is 405. The highest BCUT2D eigenvalue weighted by Gasteiger charge is 2.08. The molecule has 4 heteroatoms. The summed E-state index contributed by atoms with van der Waals surface area (Å²) in [6.07, 6.45) is 4.82. The first-order chi connectivity index (χ1) is 7.29. The van der Waals surface area contributed by atoms with Crippen molar-refractivity contribution in [1.82, 2.24) is 9.78 Å². The second-order valence-corrected chi connectivity index (χ2v) is 4.35. The van der Waals surface area contributed by atoms with Crippen LogP contribution in [0.4, 0.5) is 0 Å². The highest BCUT2D eigenvalue weighted by Crippen LogP contribution is 2.18. The van der Waals surface area contributed by atoms with Gasteiger partial charge in [-0.2, -0.15) is 16.4 Å². The maximum atomic E-state index is 6.09. The summed E-state index contributed by atoms with van der Waals surface area (Å²) < 4.78 is 1.93. The summed E-state index contributed by atoms with van der Waals surface area (Å²) >= 11 is 1.69. The molecule has 0 aliphatic heterocycles. The molecule has 0 aromatic carbocycles. The van der Waals surface area contributed by atoms with Crippen LogP contribution in [-0.2, 0) is 13.0 Å². The van der Waals surface area contributed by atoms with E-state index in [4.69, 9.17) is 5.73 Å². The Kier molecular flexibility index (Phi) is 3.18. The normalized spacial score (nSPS) is 12.9. The number of aromatic nitrogens is 2. The van der Waals surface area contributed by atoms with E-state index < -0.39 is 0 Å². The second kappa shape index (κ2) is 4.59. The van der Waals surface area contributed by atoms with E-state index >= 15 is 0 Å². The molecule has 0 amide bonds. The minimum Gasteiger partial charge on any atom is -0.324 e.